The molecule has 33 heavy (non-hydrogen) atoms. The van der Waals surface area contributed by atoms with Gasteiger partial charge in [0.15, 0.2) is 5.78 Å². The smallest absolute Gasteiger partial charge is 0.323 e. The molecule has 0 radical (unpaired) electrons. The van der Waals surface area contributed by atoms with Crippen LogP contribution in [0.3, 0.4) is 0 Å². The van der Waals surface area contributed by atoms with Crippen LogP contribution >= 0.6 is 0 Å². The third-order valence-electron chi connectivity index (χ3n) is 6.48. The standard InChI is InChI=1S/C25H32N4O4/c1-17-7-4-5-10-22(17)28-24(33)27-21-9-6-8-20(15-21)25(26-3,18(2)30)19-11-13-29(14-12-19)16-23(31)32/h4-10,15,19,26H,11-14,16H2,1-3H3,(H,31,32)(H2,27,28,33). The Morgan fingerprint density at radius 3 is 2.36 bits per heavy atom. The van der Waals surface area contributed by atoms with Crippen LogP contribution in [0.25, 0.3) is 0 Å². The minimum absolute atomic E-state index is 0.00101. The number of ketones is 1. The van der Waals surface area contributed by atoms with Crippen molar-refractivity contribution in [2.75, 3.05) is 37.3 Å². The van der Waals surface area contributed by atoms with Crippen molar-refractivity contribution in [2.45, 2.75) is 32.2 Å². The van der Waals surface area contributed by atoms with Crippen LogP contribution in [0.5, 0.6) is 0 Å². The van der Waals surface area contributed by atoms with E-state index in [1.54, 1.807) is 20.0 Å². The van der Waals surface area contributed by atoms with Gasteiger partial charge in [0.05, 0.1) is 6.54 Å². The number of anilines is 2. The zero-order valence-corrected chi connectivity index (χ0v) is 19.4. The molecule has 8 heteroatoms. The number of piperidine rings is 1. The van der Waals surface area contributed by atoms with Crippen molar-refractivity contribution >= 4 is 29.2 Å². The minimum Gasteiger partial charge on any atom is -0.480 e. The zero-order valence-electron chi connectivity index (χ0n) is 19.4. The molecule has 1 fully saturated rings. The topological polar surface area (TPSA) is 111 Å². The predicted octanol–water partition coefficient (Wildman–Crippen LogP) is 3.44. The molecule has 2 amide bonds. The molecule has 0 saturated carbocycles. The molecule has 3 rings (SSSR count). The van der Waals surface area contributed by atoms with Crippen LogP contribution in [0.2, 0.25) is 0 Å². The molecule has 0 aliphatic carbocycles. The summed E-state index contributed by atoms with van der Waals surface area (Å²) >= 11 is 0. The first-order valence-corrected chi connectivity index (χ1v) is 11.1. The maximum Gasteiger partial charge on any atom is 0.323 e. The maximum atomic E-state index is 13.0. The molecule has 176 valence electrons. The molecule has 0 spiro atoms. The second kappa shape index (κ2) is 10.6. The number of carboxylic acid groups (broad SMARTS) is 1. The third-order valence-corrected chi connectivity index (χ3v) is 6.48. The van der Waals surface area contributed by atoms with Crippen LogP contribution in [-0.2, 0) is 15.1 Å². The Hall–Kier alpha value is -3.23. The van der Waals surface area contributed by atoms with E-state index in [-0.39, 0.29) is 24.3 Å². The summed E-state index contributed by atoms with van der Waals surface area (Å²) in [5.74, 6) is -0.855. The van der Waals surface area contributed by atoms with Crippen molar-refractivity contribution in [3.63, 3.8) is 0 Å². The molecule has 1 saturated heterocycles. The van der Waals surface area contributed by atoms with E-state index in [2.05, 4.69) is 16.0 Å². The lowest BCUT2D eigenvalue weighted by Crippen LogP contribution is -2.55. The van der Waals surface area contributed by atoms with Gasteiger partial charge in [-0.05, 0) is 82.1 Å². The number of carbonyl (C=O) groups is 3. The summed E-state index contributed by atoms with van der Waals surface area (Å²) in [6.07, 6.45) is 1.39. The van der Waals surface area contributed by atoms with E-state index in [9.17, 15) is 14.4 Å². The van der Waals surface area contributed by atoms with Crippen molar-refractivity contribution < 1.29 is 19.5 Å². The van der Waals surface area contributed by atoms with Gasteiger partial charge in [-0.2, -0.15) is 0 Å². The first kappa shape index (κ1) is 24.4. The van der Waals surface area contributed by atoms with E-state index in [1.807, 2.05) is 54.3 Å². The summed E-state index contributed by atoms with van der Waals surface area (Å²) in [5, 5.41) is 18.1. The van der Waals surface area contributed by atoms with Crippen molar-refractivity contribution in [1.29, 1.82) is 0 Å². The van der Waals surface area contributed by atoms with Gasteiger partial charge in [0.2, 0.25) is 0 Å². The molecule has 1 unspecified atom stereocenters. The van der Waals surface area contributed by atoms with Crippen LogP contribution in [0, 0.1) is 12.8 Å². The zero-order chi connectivity index (χ0) is 24.0. The molecule has 4 N–H and O–H groups in total. The van der Waals surface area contributed by atoms with E-state index in [0.29, 0.717) is 31.6 Å². The number of nitrogens with one attached hydrogen (secondary N) is 3. The summed E-state index contributed by atoms with van der Waals surface area (Å²) in [7, 11) is 1.77. The van der Waals surface area contributed by atoms with Gasteiger partial charge in [-0.15, -0.1) is 0 Å². The Bertz CT molecular complexity index is 1020. The summed E-state index contributed by atoms with van der Waals surface area (Å²) in [5.41, 5.74) is 2.14. The highest BCUT2D eigenvalue weighted by Crippen LogP contribution is 2.38. The van der Waals surface area contributed by atoms with Crippen LogP contribution in [-0.4, -0.2) is 54.5 Å². The molecule has 1 aliphatic heterocycles. The highest BCUT2D eigenvalue weighted by atomic mass is 16.4. The molecular formula is C25H32N4O4. The van der Waals surface area contributed by atoms with Gasteiger partial charge >= 0.3 is 12.0 Å². The molecule has 1 heterocycles. The Morgan fingerprint density at radius 2 is 1.76 bits per heavy atom. The molecule has 0 aromatic heterocycles. The van der Waals surface area contributed by atoms with Crippen molar-refractivity contribution in [3.8, 4) is 0 Å². The van der Waals surface area contributed by atoms with Crippen molar-refractivity contribution in [1.82, 2.24) is 10.2 Å². The summed E-state index contributed by atoms with van der Waals surface area (Å²) in [6.45, 7) is 4.74. The van der Waals surface area contributed by atoms with Gasteiger partial charge in [0.25, 0.3) is 0 Å². The Morgan fingerprint density at radius 1 is 1.06 bits per heavy atom. The van der Waals surface area contributed by atoms with Gasteiger partial charge in [-0.1, -0.05) is 30.3 Å². The highest BCUT2D eigenvalue weighted by molar-refractivity contribution is 6.00. The van der Waals surface area contributed by atoms with E-state index in [4.69, 9.17) is 5.11 Å². The number of carbonyl (C=O) groups excluding carboxylic acids is 2. The van der Waals surface area contributed by atoms with Gasteiger partial charge in [0, 0.05) is 11.4 Å². The number of likely N-dealkylation sites (tertiary alicyclic amines) is 1. The number of hydrogen-bond donors (Lipinski definition) is 4. The quantitative estimate of drug-likeness (QED) is 0.488. The van der Waals surface area contributed by atoms with Gasteiger partial charge in [-0.25, -0.2) is 4.79 Å². The number of urea groups is 1. The molecular weight excluding hydrogens is 420 g/mol. The van der Waals surface area contributed by atoms with Gasteiger partial charge in [0.1, 0.15) is 5.54 Å². The Balaban J connectivity index is 1.79. The normalized spacial score (nSPS) is 16.6. The van der Waals surface area contributed by atoms with Crippen LogP contribution in [0.15, 0.2) is 48.5 Å². The lowest BCUT2D eigenvalue weighted by atomic mass is 9.71. The largest absolute Gasteiger partial charge is 0.480 e. The number of carboxylic acids is 1. The number of benzene rings is 2. The number of hydrogen-bond acceptors (Lipinski definition) is 5. The fraction of sp³-hybridized carbons (Fsp3) is 0.400. The number of amides is 2. The molecule has 2 aromatic rings. The average molecular weight is 453 g/mol. The van der Waals surface area contributed by atoms with Crippen LogP contribution in [0.4, 0.5) is 16.2 Å². The number of aliphatic carboxylic acids is 1. The third kappa shape index (κ3) is 5.58. The molecule has 8 nitrogen and oxygen atoms in total. The van der Waals surface area contributed by atoms with E-state index in [0.717, 1.165) is 16.8 Å². The van der Waals surface area contributed by atoms with Gasteiger partial charge < -0.3 is 21.1 Å². The lowest BCUT2D eigenvalue weighted by molar-refractivity contribution is -0.139. The molecule has 1 atom stereocenters. The fourth-order valence-electron chi connectivity index (χ4n) is 4.81. The number of likely N-dealkylation sites (N-methyl/N-ethyl adjacent to an activating group) is 1. The first-order chi connectivity index (χ1) is 15.8. The number of rotatable bonds is 8. The second-order valence-electron chi connectivity index (χ2n) is 8.53. The van der Waals surface area contributed by atoms with Crippen LogP contribution < -0.4 is 16.0 Å². The number of nitrogens with zero attached hydrogens (tertiary/aromatic N) is 1. The van der Waals surface area contributed by atoms with Crippen LogP contribution in [0.1, 0.15) is 30.9 Å². The Kier molecular flexibility index (Phi) is 7.84. The van der Waals surface area contributed by atoms with Crippen molar-refractivity contribution in [2.24, 2.45) is 5.92 Å². The van der Waals surface area contributed by atoms with E-state index in [1.165, 1.54) is 0 Å². The summed E-state index contributed by atoms with van der Waals surface area (Å²) in [4.78, 5) is 38.5. The van der Waals surface area contributed by atoms with E-state index >= 15 is 0 Å². The second-order valence-corrected chi connectivity index (χ2v) is 8.53. The summed E-state index contributed by atoms with van der Waals surface area (Å²) < 4.78 is 0. The minimum atomic E-state index is -0.917. The van der Waals surface area contributed by atoms with Crippen molar-refractivity contribution in [3.05, 3.63) is 59.7 Å². The number of aryl methyl sites for hydroxylation is 1. The number of para-hydroxylation sites is 1. The highest BCUT2D eigenvalue weighted by Gasteiger charge is 2.44. The fourth-order valence-corrected chi connectivity index (χ4v) is 4.81. The number of Topliss-reactive ketones (excluding diaryl/α,β-unsaturated/α-hetero) is 1. The Labute approximate surface area is 194 Å². The van der Waals surface area contributed by atoms with Gasteiger partial charge in [-0.3, -0.25) is 14.5 Å². The summed E-state index contributed by atoms with van der Waals surface area (Å²) in [6, 6.07) is 14.5. The predicted molar refractivity (Wildman–Crippen MR) is 128 cm³/mol. The molecule has 0 bridgehead atoms. The molecule has 1 aliphatic rings. The molecule has 2 aromatic carbocycles. The first-order valence-electron chi connectivity index (χ1n) is 11.1. The van der Waals surface area contributed by atoms with E-state index < -0.39 is 11.5 Å². The average Bonchev–Trinajstić information content (AvgIpc) is 2.77. The maximum absolute atomic E-state index is 13.0. The SMILES string of the molecule is CNC(C(C)=O)(c1cccc(NC(=O)Nc2ccccc2C)c1)C1CCN(CC(=O)O)CC1. The lowest BCUT2D eigenvalue weighted by Gasteiger charge is -2.43. The monoisotopic (exact) mass is 452 g/mol.